The van der Waals surface area contributed by atoms with E-state index in [9.17, 15) is 0 Å². The number of furan rings is 1. The third-order valence-electron chi connectivity index (χ3n) is 12.3. The zero-order valence-electron chi connectivity index (χ0n) is 32.5. The van der Waals surface area contributed by atoms with E-state index in [4.69, 9.17) is 19.4 Å². The molecule has 3 aromatic heterocycles. The van der Waals surface area contributed by atoms with E-state index >= 15 is 0 Å². The number of hydrogen-bond donors (Lipinski definition) is 0. The Bertz CT molecular complexity index is 3390. The van der Waals surface area contributed by atoms with Gasteiger partial charge < -0.3 is 8.98 Å². The zero-order chi connectivity index (χ0) is 39.2. The molecule has 5 nitrogen and oxygen atoms in total. The Labute approximate surface area is 340 Å². The first kappa shape index (κ1) is 33.5. The highest BCUT2D eigenvalue weighted by molar-refractivity contribution is 6.24. The third-order valence-corrected chi connectivity index (χ3v) is 12.3. The van der Waals surface area contributed by atoms with Gasteiger partial charge in [-0.05, 0) is 75.8 Å². The van der Waals surface area contributed by atoms with Crippen molar-refractivity contribution in [1.82, 2.24) is 19.5 Å². The molecule has 0 saturated carbocycles. The summed E-state index contributed by atoms with van der Waals surface area (Å²) >= 11 is 0. The smallest absolute Gasteiger partial charge is 0.164 e. The zero-order valence-corrected chi connectivity index (χ0v) is 32.5. The second-order valence-corrected chi connectivity index (χ2v) is 16.0. The summed E-state index contributed by atoms with van der Waals surface area (Å²) in [6, 6.07) is 64.1. The summed E-state index contributed by atoms with van der Waals surface area (Å²) in [5.41, 5.74) is 15.5. The third kappa shape index (κ3) is 5.14. The summed E-state index contributed by atoms with van der Waals surface area (Å²) in [4.78, 5) is 14.7. The lowest BCUT2D eigenvalue weighted by molar-refractivity contribution is 0.649. The molecule has 3 heterocycles. The number of aromatic nitrogens is 4. The molecule has 0 N–H and O–H groups in total. The van der Waals surface area contributed by atoms with E-state index in [1.807, 2.05) is 60.7 Å². The van der Waals surface area contributed by atoms with Crippen molar-refractivity contribution in [3.63, 3.8) is 0 Å². The number of benzene rings is 8. The number of rotatable bonds is 5. The standard InChI is InChI=1S/C54H36N4O/c1-54(2)44-22-11-9-20-39(44)42-31-43-40-28-29-47-49(50(40)59-48(43)32-45(42)54)41-21-10-12-23-46(41)58(47)38-19-13-18-37(30-38)33-24-26-36(27-25-33)53-56-51(34-14-5-3-6-15-34)55-52(57-53)35-16-7-4-8-17-35/h3-32H,1-2H3. The van der Waals surface area contributed by atoms with Gasteiger partial charge in [0.15, 0.2) is 17.5 Å². The molecular weight excluding hydrogens is 721 g/mol. The van der Waals surface area contributed by atoms with Crippen LogP contribution in [0.5, 0.6) is 0 Å². The molecule has 0 saturated heterocycles. The van der Waals surface area contributed by atoms with Crippen molar-refractivity contribution in [3.05, 3.63) is 193 Å². The van der Waals surface area contributed by atoms with Crippen molar-refractivity contribution in [1.29, 1.82) is 0 Å². The maximum absolute atomic E-state index is 6.92. The lowest BCUT2D eigenvalue weighted by Crippen LogP contribution is -2.14. The highest BCUT2D eigenvalue weighted by Crippen LogP contribution is 2.51. The molecule has 12 rings (SSSR count). The highest BCUT2D eigenvalue weighted by atomic mass is 16.3. The van der Waals surface area contributed by atoms with Crippen LogP contribution in [0.25, 0.3) is 106 Å². The molecule has 0 atom stereocenters. The predicted molar refractivity (Wildman–Crippen MR) is 241 cm³/mol. The Morgan fingerprint density at radius 1 is 0.424 bits per heavy atom. The average molecular weight is 757 g/mol. The minimum Gasteiger partial charge on any atom is -0.455 e. The molecule has 0 fully saturated rings. The molecule has 11 aromatic rings. The van der Waals surface area contributed by atoms with E-state index in [0.29, 0.717) is 17.5 Å². The van der Waals surface area contributed by atoms with Gasteiger partial charge in [0.2, 0.25) is 0 Å². The Balaban J connectivity index is 0.958. The van der Waals surface area contributed by atoms with E-state index < -0.39 is 0 Å². The van der Waals surface area contributed by atoms with Gasteiger partial charge in [-0.15, -0.1) is 0 Å². The normalized spacial score (nSPS) is 13.1. The van der Waals surface area contributed by atoms with Crippen molar-refractivity contribution in [2.75, 3.05) is 0 Å². The van der Waals surface area contributed by atoms with Crippen molar-refractivity contribution >= 4 is 43.7 Å². The summed E-state index contributed by atoms with van der Waals surface area (Å²) in [5, 5.41) is 4.59. The summed E-state index contributed by atoms with van der Waals surface area (Å²) in [5.74, 6) is 1.93. The first-order valence-electron chi connectivity index (χ1n) is 20.1. The van der Waals surface area contributed by atoms with Crippen LogP contribution in [0.3, 0.4) is 0 Å². The molecule has 0 spiro atoms. The average Bonchev–Trinajstić information content (AvgIpc) is 3.91. The number of hydrogen-bond acceptors (Lipinski definition) is 4. The molecule has 1 aliphatic carbocycles. The molecule has 278 valence electrons. The van der Waals surface area contributed by atoms with Gasteiger partial charge in [-0.25, -0.2) is 15.0 Å². The van der Waals surface area contributed by atoms with Gasteiger partial charge in [0.1, 0.15) is 11.2 Å². The van der Waals surface area contributed by atoms with Crippen molar-refractivity contribution in [2.24, 2.45) is 0 Å². The quantitative estimate of drug-likeness (QED) is 0.175. The van der Waals surface area contributed by atoms with Gasteiger partial charge >= 0.3 is 0 Å². The molecule has 0 unspecified atom stereocenters. The SMILES string of the molecule is CC1(C)c2ccccc2-c2cc3c(cc21)oc1c3ccc2c1c1ccccc1n2-c1cccc(-c2ccc(-c3nc(-c4ccccc4)nc(-c4ccccc4)n3)cc2)c1. The van der Waals surface area contributed by atoms with Gasteiger partial charge in [0.25, 0.3) is 0 Å². The van der Waals surface area contributed by atoms with E-state index in [0.717, 1.165) is 71.9 Å². The fourth-order valence-electron chi connectivity index (χ4n) is 9.33. The van der Waals surface area contributed by atoms with Crippen LogP contribution in [-0.2, 0) is 5.41 Å². The molecular formula is C54H36N4O. The molecule has 8 aromatic carbocycles. The van der Waals surface area contributed by atoms with Gasteiger partial charge in [-0.1, -0.05) is 153 Å². The Morgan fingerprint density at radius 3 is 1.76 bits per heavy atom. The lowest BCUT2D eigenvalue weighted by Gasteiger charge is -2.21. The Morgan fingerprint density at radius 2 is 1.03 bits per heavy atom. The molecule has 0 amide bonds. The van der Waals surface area contributed by atoms with Crippen LogP contribution < -0.4 is 0 Å². The summed E-state index contributed by atoms with van der Waals surface area (Å²) in [7, 11) is 0. The predicted octanol–water partition coefficient (Wildman–Crippen LogP) is 13.8. The number of nitrogens with zero attached hydrogens (tertiary/aromatic N) is 4. The molecule has 1 aliphatic rings. The Hall–Kier alpha value is -7.63. The second-order valence-electron chi connectivity index (χ2n) is 16.0. The van der Waals surface area contributed by atoms with Crippen LogP contribution in [-0.4, -0.2) is 19.5 Å². The van der Waals surface area contributed by atoms with Crippen LogP contribution in [0.1, 0.15) is 25.0 Å². The summed E-state index contributed by atoms with van der Waals surface area (Å²) in [6.45, 7) is 4.64. The largest absolute Gasteiger partial charge is 0.455 e. The minimum atomic E-state index is -0.0968. The summed E-state index contributed by atoms with van der Waals surface area (Å²) < 4.78 is 9.29. The topological polar surface area (TPSA) is 56.7 Å². The molecule has 5 heteroatoms. The first-order chi connectivity index (χ1) is 29.0. The fourth-order valence-corrected chi connectivity index (χ4v) is 9.33. The van der Waals surface area contributed by atoms with Crippen molar-refractivity contribution in [3.8, 4) is 62.1 Å². The van der Waals surface area contributed by atoms with Crippen LogP contribution in [0.4, 0.5) is 0 Å². The van der Waals surface area contributed by atoms with Gasteiger partial charge in [0, 0.05) is 44.0 Å². The first-order valence-corrected chi connectivity index (χ1v) is 20.1. The van der Waals surface area contributed by atoms with E-state index in [1.165, 1.54) is 27.6 Å². The summed E-state index contributed by atoms with van der Waals surface area (Å²) in [6.07, 6.45) is 0. The maximum atomic E-state index is 6.92. The fraction of sp³-hybridized carbons (Fsp3) is 0.0556. The molecule has 59 heavy (non-hydrogen) atoms. The molecule has 0 bridgehead atoms. The molecule has 0 radical (unpaired) electrons. The van der Waals surface area contributed by atoms with Crippen LogP contribution in [0.15, 0.2) is 186 Å². The monoisotopic (exact) mass is 756 g/mol. The van der Waals surface area contributed by atoms with Crippen LogP contribution in [0.2, 0.25) is 0 Å². The van der Waals surface area contributed by atoms with E-state index in [2.05, 4.69) is 140 Å². The second kappa shape index (κ2) is 12.7. The number of fused-ring (bicyclic) bond motifs is 10. The van der Waals surface area contributed by atoms with Crippen LogP contribution in [0, 0.1) is 0 Å². The van der Waals surface area contributed by atoms with Crippen molar-refractivity contribution < 1.29 is 4.42 Å². The molecule has 0 aliphatic heterocycles. The number of para-hydroxylation sites is 1. The highest BCUT2D eigenvalue weighted by Gasteiger charge is 2.36. The van der Waals surface area contributed by atoms with Crippen molar-refractivity contribution in [2.45, 2.75) is 19.3 Å². The van der Waals surface area contributed by atoms with Gasteiger partial charge in [-0.3, -0.25) is 0 Å². The van der Waals surface area contributed by atoms with Gasteiger partial charge in [0.05, 0.1) is 16.4 Å². The maximum Gasteiger partial charge on any atom is 0.164 e. The minimum absolute atomic E-state index is 0.0968. The van der Waals surface area contributed by atoms with E-state index in [-0.39, 0.29) is 5.41 Å². The van der Waals surface area contributed by atoms with Gasteiger partial charge in [-0.2, -0.15) is 0 Å². The Kier molecular flexibility index (Phi) is 7.20. The lowest BCUT2D eigenvalue weighted by atomic mass is 9.82. The van der Waals surface area contributed by atoms with Crippen LogP contribution >= 0.6 is 0 Å². The van der Waals surface area contributed by atoms with E-state index in [1.54, 1.807) is 0 Å².